The monoisotopic (exact) mass is 347 g/mol. The Balaban J connectivity index is 1.61. The molecule has 0 aromatic carbocycles. The summed E-state index contributed by atoms with van der Waals surface area (Å²) in [5.74, 6) is 0.679. The van der Waals surface area contributed by atoms with Gasteiger partial charge in [0.15, 0.2) is 5.96 Å². The van der Waals surface area contributed by atoms with Crippen molar-refractivity contribution in [2.45, 2.75) is 69.4 Å². The Labute approximate surface area is 148 Å². The van der Waals surface area contributed by atoms with Crippen LogP contribution in [0.25, 0.3) is 0 Å². The molecule has 25 heavy (non-hydrogen) atoms. The van der Waals surface area contributed by atoms with Crippen LogP contribution >= 0.6 is 0 Å². The van der Waals surface area contributed by atoms with Crippen molar-refractivity contribution >= 4 is 11.9 Å². The van der Waals surface area contributed by atoms with E-state index in [4.69, 9.17) is 16.5 Å². The highest BCUT2D eigenvalue weighted by Crippen LogP contribution is 2.53. The van der Waals surface area contributed by atoms with E-state index >= 15 is 0 Å². The van der Waals surface area contributed by atoms with Crippen LogP contribution in [-0.4, -0.2) is 46.6 Å². The number of carboxylic acids is 1. The molecule has 3 fully saturated rings. The molecule has 0 amide bonds. The minimum atomic E-state index is -1.10. The van der Waals surface area contributed by atoms with Crippen molar-refractivity contribution in [2.24, 2.45) is 21.9 Å². The number of carboxylic acid groups (broad SMARTS) is 1. The predicted octanol–water partition coefficient (Wildman–Crippen LogP) is 1.11. The van der Waals surface area contributed by atoms with Gasteiger partial charge in [-0.25, -0.2) is 4.99 Å². The van der Waals surface area contributed by atoms with Crippen molar-refractivity contribution in [3.05, 3.63) is 11.4 Å². The molecule has 2 saturated carbocycles. The van der Waals surface area contributed by atoms with Crippen molar-refractivity contribution in [1.82, 2.24) is 10.2 Å². The summed E-state index contributed by atoms with van der Waals surface area (Å²) in [4.78, 5) is 18.5. The highest BCUT2D eigenvalue weighted by Gasteiger charge is 2.48. The molecule has 0 aromatic rings. The molecule has 138 valence electrons. The number of likely N-dealkylation sites (tertiary alicyclic amines) is 1. The zero-order chi connectivity index (χ0) is 17.7. The van der Waals surface area contributed by atoms with Gasteiger partial charge in [0.1, 0.15) is 11.4 Å². The highest BCUT2D eigenvalue weighted by molar-refractivity contribution is 5.82. The van der Waals surface area contributed by atoms with Crippen molar-refractivity contribution < 1.29 is 9.90 Å². The first kappa shape index (κ1) is 16.7. The number of aliphatic imine (C=N–C) groups is 1. The molecule has 1 saturated heterocycles. The SMILES string of the molecule is NC1=NC2C(=C(N3CCC(N)(C(=O)O)CC3)N1)CCCC21CCCC1. The largest absolute Gasteiger partial charge is 0.480 e. The van der Waals surface area contributed by atoms with E-state index in [0.717, 1.165) is 12.2 Å². The van der Waals surface area contributed by atoms with Gasteiger partial charge in [0.25, 0.3) is 0 Å². The molecule has 7 heteroatoms. The Bertz CT molecular complexity index is 627. The molecule has 2 aliphatic carbocycles. The number of aliphatic carboxylic acids is 1. The normalized spacial score (nSPS) is 30.7. The number of carbonyl (C=O) groups is 1. The Kier molecular flexibility index (Phi) is 3.94. The lowest BCUT2D eigenvalue weighted by atomic mass is 9.66. The maximum Gasteiger partial charge on any atom is 0.323 e. The molecule has 0 bridgehead atoms. The number of nitrogens with two attached hydrogens (primary N) is 2. The lowest BCUT2D eigenvalue weighted by Crippen LogP contribution is -2.58. The van der Waals surface area contributed by atoms with Gasteiger partial charge in [-0.05, 0) is 55.9 Å². The van der Waals surface area contributed by atoms with E-state index in [0.29, 0.717) is 37.3 Å². The number of rotatable bonds is 2. The Morgan fingerprint density at radius 3 is 2.44 bits per heavy atom. The van der Waals surface area contributed by atoms with Crippen LogP contribution in [0.4, 0.5) is 0 Å². The van der Waals surface area contributed by atoms with Crippen molar-refractivity contribution in [2.75, 3.05) is 13.1 Å². The molecular formula is C18H29N5O2. The third-order valence-corrected chi connectivity index (χ3v) is 6.85. The third-order valence-electron chi connectivity index (χ3n) is 6.85. The quantitative estimate of drug-likeness (QED) is 0.594. The standard InChI is InChI=1S/C18H29N5O2/c19-16-21-13-12(4-3-7-17(13)5-1-2-6-17)14(22-16)23-10-8-18(20,9-11-23)15(24)25/h13H,1-11,20H2,(H,24,25)(H3,19,21,22). The van der Waals surface area contributed by atoms with Gasteiger partial charge in [0.05, 0.1) is 6.04 Å². The second-order valence-electron chi connectivity index (χ2n) is 8.29. The van der Waals surface area contributed by atoms with Crippen molar-refractivity contribution in [3.63, 3.8) is 0 Å². The van der Waals surface area contributed by atoms with E-state index in [1.54, 1.807) is 0 Å². The molecule has 0 radical (unpaired) electrons. The minimum Gasteiger partial charge on any atom is -0.480 e. The van der Waals surface area contributed by atoms with Gasteiger partial charge < -0.3 is 26.8 Å². The lowest BCUT2D eigenvalue weighted by Gasteiger charge is -2.47. The zero-order valence-corrected chi connectivity index (χ0v) is 14.8. The second kappa shape index (κ2) is 5.90. The fraction of sp³-hybridized carbons (Fsp3) is 0.778. The van der Waals surface area contributed by atoms with E-state index in [2.05, 4.69) is 10.2 Å². The number of hydrogen-bond acceptors (Lipinski definition) is 6. The first-order valence-corrected chi connectivity index (χ1v) is 9.54. The maximum atomic E-state index is 11.4. The van der Waals surface area contributed by atoms with Crippen LogP contribution in [0.5, 0.6) is 0 Å². The van der Waals surface area contributed by atoms with Crippen LogP contribution in [0.3, 0.4) is 0 Å². The summed E-state index contributed by atoms with van der Waals surface area (Å²) in [5.41, 5.74) is 12.8. The highest BCUT2D eigenvalue weighted by atomic mass is 16.4. The van der Waals surface area contributed by atoms with Crippen LogP contribution in [-0.2, 0) is 4.79 Å². The van der Waals surface area contributed by atoms with Crippen LogP contribution in [0.1, 0.15) is 57.8 Å². The Hall–Kier alpha value is -1.76. The Morgan fingerprint density at radius 1 is 1.16 bits per heavy atom. The molecule has 7 nitrogen and oxygen atoms in total. The molecule has 4 aliphatic rings. The smallest absolute Gasteiger partial charge is 0.323 e. The van der Waals surface area contributed by atoms with Gasteiger partial charge >= 0.3 is 5.97 Å². The second-order valence-corrected chi connectivity index (χ2v) is 8.29. The molecule has 6 N–H and O–H groups in total. The van der Waals surface area contributed by atoms with Crippen LogP contribution in [0.15, 0.2) is 16.4 Å². The Morgan fingerprint density at radius 2 is 1.80 bits per heavy atom. The first-order chi connectivity index (χ1) is 11.9. The summed E-state index contributed by atoms with van der Waals surface area (Å²) in [6.45, 7) is 1.28. The van der Waals surface area contributed by atoms with Gasteiger partial charge in [0.2, 0.25) is 0 Å². The van der Waals surface area contributed by atoms with Gasteiger partial charge in [-0.3, -0.25) is 4.79 Å². The molecule has 1 atom stereocenters. The van der Waals surface area contributed by atoms with Crippen molar-refractivity contribution in [1.29, 1.82) is 0 Å². The summed E-state index contributed by atoms with van der Waals surface area (Å²) in [6, 6.07) is 0.198. The number of fused-ring (bicyclic) bond motifs is 2. The van der Waals surface area contributed by atoms with Crippen LogP contribution in [0, 0.1) is 5.41 Å². The topological polar surface area (TPSA) is 117 Å². The summed E-state index contributed by atoms with van der Waals surface area (Å²) in [7, 11) is 0. The van der Waals surface area contributed by atoms with Gasteiger partial charge in [-0.2, -0.15) is 0 Å². The van der Waals surface area contributed by atoms with E-state index in [1.165, 1.54) is 44.1 Å². The zero-order valence-electron chi connectivity index (χ0n) is 14.8. The van der Waals surface area contributed by atoms with E-state index in [9.17, 15) is 9.90 Å². The van der Waals surface area contributed by atoms with Crippen LogP contribution in [0.2, 0.25) is 0 Å². The summed E-state index contributed by atoms with van der Waals surface area (Å²) < 4.78 is 0. The first-order valence-electron chi connectivity index (χ1n) is 9.54. The fourth-order valence-electron chi connectivity index (χ4n) is 5.34. The van der Waals surface area contributed by atoms with Gasteiger partial charge in [-0.1, -0.05) is 12.8 Å². The molecule has 2 heterocycles. The van der Waals surface area contributed by atoms with E-state index < -0.39 is 11.5 Å². The third kappa shape index (κ3) is 2.69. The summed E-state index contributed by atoms with van der Waals surface area (Å²) >= 11 is 0. The number of piperidine rings is 1. The fourth-order valence-corrected chi connectivity index (χ4v) is 5.34. The number of hydrogen-bond donors (Lipinski definition) is 4. The molecule has 0 aromatic heterocycles. The van der Waals surface area contributed by atoms with Gasteiger partial charge in [-0.15, -0.1) is 0 Å². The number of nitrogens with one attached hydrogen (secondary N) is 1. The molecule has 1 unspecified atom stereocenters. The number of nitrogens with zero attached hydrogens (tertiary/aromatic N) is 2. The molecular weight excluding hydrogens is 318 g/mol. The van der Waals surface area contributed by atoms with Crippen molar-refractivity contribution in [3.8, 4) is 0 Å². The maximum absolute atomic E-state index is 11.4. The average Bonchev–Trinajstić information content (AvgIpc) is 3.05. The average molecular weight is 347 g/mol. The molecule has 2 aliphatic heterocycles. The molecule has 4 rings (SSSR count). The molecule has 1 spiro atoms. The minimum absolute atomic E-state index is 0.198. The lowest BCUT2D eigenvalue weighted by molar-refractivity contribution is -0.145. The van der Waals surface area contributed by atoms with E-state index in [1.807, 2.05) is 0 Å². The van der Waals surface area contributed by atoms with Gasteiger partial charge in [0, 0.05) is 13.1 Å². The van der Waals surface area contributed by atoms with Crippen LogP contribution < -0.4 is 16.8 Å². The van der Waals surface area contributed by atoms with E-state index in [-0.39, 0.29) is 6.04 Å². The number of guanidine groups is 1. The summed E-state index contributed by atoms with van der Waals surface area (Å²) in [5, 5.41) is 12.6. The predicted molar refractivity (Wildman–Crippen MR) is 95.7 cm³/mol. The summed E-state index contributed by atoms with van der Waals surface area (Å²) in [6.07, 6.45) is 9.48.